The van der Waals surface area contributed by atoms with E-state index >= 15 is 0 Å². The van der Waals surface area contributed by atoms with Gasteiger partial charge in [-0.05, 0) is 60.4 Å². The minimum atomic E-state index is -0.345. The zero-order valence-corrected chi connectivity index (χ0v) is 11.2. The largest absolute Gasteiger partial charge is 0.508 e. The molecule has 2 aromatic rings. The molecule has 0 spiro atoms. The minimum Gasteiger partial charge on any atom is -0.508 e. The van der Waals surface area contributed by atoms with Gasteiger partial charge in [-0.25, -0.2) is 4.79 Å². The molecule has 0 radical (unpaired) electrons. The predicted molar refractivity (Wildman–Crippen MR) is 74.4 cm³/mol. The van der Waals surface area contributed by atoms with Crippen molar-refractivity contribution in [1.82, 2.24) is 0 Å². The van der Waals surface area contributed by atoms with Crippen LogP contribution in [0.5, 0.6) is 5.75 Å². The number of aromatic hydroxyl groups is 1. The third-order valence-corrected chi connectivity index (χ3v) is 3.16. The van der Waals surface area contributed by atoms with E-state index in [0.717, 1.165) is 22.3 Å². The van der Waals surface area contributed by atoms with Crippen molar-refractivity contribution >= 4 is 5.97 Å². The van der Waals surface area contributed by atoms with Crippen LogP contribution in [0.3, 0.4) is 0 Å². The third-order valence-electron chi connectivity index (χ3n) is 3.16. The summed E-state index contributed by atoms with van der Waals surface area (Å²) < 4.78 is 4.70. The first-order chi connectivity index (χ1) is 9.02. The van der Waals surface area contributed by atoms with E-state index in [0.29, 0.717) is 5.56 Å². The van der Waals surface area contributed by atoms with Crippen molar-refractivity contribution in [2.45, 2.75) is 13.8 Å². The smallest absolute Gasteiger partial charge is 0.337 e. The number of esters is 1. The number of rotatable bonds is 2. The normalized spacial score (nSPS) is 10.3. The number of methoxy groups -OCH3 is 1. The van der Waals surface area contributed by atoms with Gasteiger partial charge < -0.3 is 9.84 Å². The molecule has 2 aromatic carbocycles. The molecule has 0 aliphatic carbocycles. The predicted octanol–water partition coefficient (Wildman–Crippen LogP) is 3.46. The molecule has 3 heteroatoms. The molecule has 1 N–H and O–H groups in total. The van der Waals surface area contributed by atoms with Gasteiger partial charge in [0.05, 0.1) is 12.7 Å². The van der Waals surface area contributed by atoms with E-state index in [1.807, 2.05) is 26.0 Å². The lowest BCUT2D eigenvalue weighted by Gasteiger charge is -2.11. The number of hydrogen-bond donors (Lipinski definition) is 1. The maximum atomic E-state index is 11.5. The van der Waals surface area contributed by atoms with Crippen LogP contribution in [-0.2, 0) is 4.74 Å². The van der Waals surface area contributed by atoms with Crippen LogP contribution in [0.2, 0.25) is 0 Å². The molecular weight excluding hydrogens is 240 g/mol. The number of phenolic OH excluding ortho intramolecular Hbond substituents is 1. The van der Waals surface area contributed by atoms with E-state index in [-0.39, 0.29) is 11.7 Å². The zero-order valence-electron chi connectivity index (χ0n) is 11.2. The van der Waals surface area contributed by atoms with Crippen molar-refractivity contribution in [2.24, 2.45) is 0 Å². The van der Waals surface area contributed by atoms with Crippen molar-refractivity contribution in [3.63, 3.8) is 0 Å². The summed E-state index contributed by atoms with van der Waals surface area (Å²) in [6.07, 6.45) is 0. The fraction of sp³-hybridized carbons (Fsp3) is 0.188. The first kappa shape index (κ1) is 13.1. The SMILES string of the molecule is COC(=O)c1ccc(-c2cc(O)ccc2C)c(C)c1. The highest BCUT2D eigenvalue weighted by Gasteiger charge is 2.10. The summed E-state index contributed by atoms with van der Waals surface area (Å²) >= 11 is 0. The summed E-state index contributed by atoms with van der Waals surface area (Å²) in [5, 5.41) is 9.60. The molecule has 0 saturated carbocycles. The molecule has 0 unspecified atom stereocenters. The van der Waals surface area contributed by atoms with Crippen molar-refractivity contribution in [3.05, 3.63) is 53.1 Å². The van der Waals surface area contributed by atoms with Crippen LogP contribution < -0.4 is 0 Å². The van der Waals surface area contributed by atoms with E-state index in [2.05, 4.69) is 0 Å². The van der Waals surface area contributed by atoms with Crippen LogP contribution in [0, 0.1) is 13.8 Å². The van der Waals surface area contributed by atoms with E-state index in [4.69, 9.17) is 4.74 Å². The Bertz CT molecular complexity index is 630. The Morgan fingerprint density at radius 1 is 1.00 bits per heavy atom. The van der Waals surface area contributed by atoms with E-state index in [1.165, 1.54) is 7.11 Å². The molecule has 0 aliphatic heterocycles. The molecule has 0 atom stereocenters. The van der Waals surface area contributed by atoms with Gasteiger partial charge in [-0.3, -0.25) is 0 Å². The highest BCUT2D eigenvalue weighted by atomic mass is 16.5. The molecular formula is C16H16O3. The average Bonchev–Trinajstić information content (AvgIpc) is 2.41. The number of phenols is 1. The summed E-state index contributed by atoms with van der Waals surface area (Å²) in [7, 11) is 1.37. The van der Waals surface area contributed by atoms with Gasteiger partial charge in [0, 0.05) is 0 Å². The quantitative estimate of drug-likeness (QED) is 0.837. The molecule has 0 saturated heterocycles. The molecule has 0 bridgehead atoms. The van der Waals surface area contributed by atoms with Crippen LogP contribution in [0.25, 0.3) is 11.1 Å². The van der Waals surface area contributed by atoms with Crippen LogP contribution in [-0.4, -0.2) is 18.2 Å². The number of ether oxygens (including phenoxy) is 1. The Hall–Kier alpha value is -2.29. The molecule has 0 amide bonds. The Morgan fingerprint density at radius 3 is 2.37 bits per heavy atom. The summed E-state index contributed by atoms with van der Waals surface area (Å²) in [4.78, 5) is 11.5. The summed E-state index contributed by atoms with van der Waals surface area (Å²) in [6.45, 7) is 3.92. The monoisotopic (exact) mass is 256 g/mol. The lowest BCUT2D eigenvalue weighted by molar-refractivity contribution is 0.0600. The third kappa shape index (κ3) is 2.60. The minimum absolute atomic E-state index is 0.233. The Labute approximate surface area is 112 Å². The fourth-order valence-corrected chi connectivity index (χ4v) is 2.11. The summed E-state index contributed by atoms with van der Waals surface area (Å²) in [5.74, 6) is -0.112. The van der Waals surface area contributed by atoms with Crippen molar-refractivity contribution in [2.75, 3.05) is 7.11 Å². The van der Waals surface area contributed by atoms with E-state index < -0.39 is 0 Å². The fourth-order valence-electron chi connectivity index (χ4n) is 2.11. The van der Waals surface area contributed by atoms with E-state index in [9.17, 15) is 9.90 Å². The first-order valence-electron chi connectivity index (χ1n) is 6.02. The molecule has 19 heavy (non-hydrogen) atoms. The number of carbonyl (C=O) groups excluding carboxylic acids is 1. The second-order valence-electron chi connectivity index (χ2n) is 4.52. The lowest BCUT2D eigenvalue weighted by Crippen LogP contribution is -2.01. The number of hydrogen-bond acceptors (Lipinski definition) is 3. The highest BCUT2D eigenvalue weighted by molar-refractivity contribution is 5.90. The van der Waals surface area contributed by atoms with Gasteiger partial charge in [0.2, 0.25) is 0 Å². The maximum absolute atomic E-state index is 11.5. The highest BCUT2D eigenvalue weighted by Crippen LogP contribution is 2.30. The lowest BCUT2D eigenvalue weighted by atomic mass is 9.95. The Kier molecular flexibility index (Phi) is 3.56. The number of benzene rings is 2. The molecule has 0 heterocycles. The first-order valence-corrected chi connectivity index (χ1v) is 6.02. The van der Waals surface area contributed by atoms with E-state index in [1.54, 1.807) is 24.3 Å². The average molecular weight is 256 g/mol. The summed E-state index contributed by atoms with van der Waals surface area (Å²) in [6, 6.07) is 10.7. The molecule has 0 aliphatic rings. The van der Waals surface area contributed by atoms with Crippen molar-refractivity contribution in [1.29, 1.82) is 0 Å². The Morgan fingerprint density at radius 2 is 1.74 bits per heavy atom. The standard InChI is InChI=1S/C16H16O3/c1-10-4-6-13(17)9-15(10)14-7-5-12(8-11(14)2)16(18)19-3/h4-9,17H,1-3H3. The van der Waals surface area contributed by atoms with Crippen LogP contribution in [0.4, 0.5) is 0 Å². The van der Waals surface area contributed by atoms with Crippen LogP contribution >= 0.6 is 0 Å². The molecule has 3 nitrogen and oxygen atoms in total. The number of carbonyl (C=O) groups is 1. The van der Waals surface area contributed by atoms with Crippen molar-refractivity contribution in [3.8, 4) is 16.9 Å². The second-order valence-corrected chi connectivity index (χ2v) is 4.52. The molecule has 0 fully saturated rings. The summed E-state index contributed by atoms with van der Waals surface area (Å²) in [5.41, 5.74) is 4.54. The number of aryl methyl sites for hydroxylation is 2. The molecule has 98 valence electrons. The maximum Gasteiger partial charge on any atom is 0.337 e. The van der Waals surface area contributed by atoms with Gasteiger partial charge >= 0.3 is 5.97 Å². The Balaban J connectivity index is 2.52. The topological polar surface area (TPSA) is 46.5 Å². The molecule has 0 aromatic heterocycles. The van der Waals surface area contributed by atoms with Gasteiger partial charge in [-0.1, -0.05) is 12.1 Å². The van der Waals surface area contributed by atoms with Crippen LogP contribution in [0.1, 0.15) is 21.5 Å². The van der Waals surface area contributed by atoms with Gasteiger partial charge in [0.15, 0.2) is 0 Å². The second kappa shape index (κ2) is 5.14. The zero-order chi connectivity index (χ0) is 14.0. The van der Waals surface area contributed by atoms with Gasteiger partial charge in [-0.2, -0.15) is 0 Å². The van der Waals surface area contributed by atoms with Gasteiger partial charge in [0.1, 0.15) is 5.75 Å². The van der Waals surface area contributed by atoms with Crippen LogP contribution in [0.15, 0.2) is 36.4 Å². The van der Waals surface area contributed by atoms with Gasteiger partial charge in [0.25, 0.3) is 0 Å². The van der Waals surface area contributed by atoms with Crippen molar-refractivity contribution < 1.29 is 14.6 Å². The molecule has 2 rings (SSSR count). The van der Waals surface area contributed by atoms with Gasteiger partial charge in [-0.15, -0.1) is 0 Å².